The summed E-state index contributed by atoms with van der Waals surface area (Å²) in [5.41, 5.74) is 5.28. The van der Waals surface area contributed by atoms with Crippen molar-refractivity contribution >= 4 is 11.9 Å². The molecule has 0 rings (SSSR count). The van der Waals surface area contributed by atoms with Gasteiger partial charge in [0.05, 0.1) is 0 Å². The highest BCUT2D eigenvalue weighted by atomic mass is 16.4. The van der Waals surface area contributed by atoms with E-state index < -0.39 is 12.0 Å². The molecular formula is C9H18N2O3. The van der Waals surface area contributed by atoms with Gasteiger partial charge in [0.2, 0.25) is 5.91 Å². The summed E-state index contributed by atoms with van der Waals surface area (Å²) in [6.45, 7) is 4.09. The molecule has 0 aliphatic carbocycles. The first kappa shape index (κ1) is 12.9. The maximum absolute atomic E-state index is 11.1. The molecule has 0 aliphatic heterocycles. The van der Waals surface area contributed by atoms with Crippen molar-refractivity contribution in [3.05, 3.63) is 0 Å². The molecule has 0 bridgehead atoms. The summed E-state index contributed by atoms with van der Waals surface area (Å²) in [5.74, 6) is -1.06. The molecule has 0 fully saturated rings. The molecule has 0 radical (unpaired) electrons. The lowest BCUT2D eigenvalue weighted by Gasteiger charge is -2.08. The van der Waals surface area contributed by atoms with E-state index in [1.807, 2.05) is 0 Å². The van der Waals surface area contributed by atoms with E-state index in [0.717, 1.165) is 0 Å². The van der Waals surface area contributed by atoms with Crippen LogP contribution in [0.4, 0.5) is 0 Å². The van der Waals surface area contributed by atoms with E-state index in [4.69, 9.17) is 10.8 Å². The predicted octanol–water partition coefficient (Wildman–Crippen LogP) is -0.0493. The Labute approximate surface area is 83.7 Å². The highest BCUT2D eigenvalue weighted by Crippen LogP contribution is 1.95. The van der Waals surface area contributed by atoms with Crippen LogP contribution in [0.2, 0.25) is 0 Å². The molecule has 14 heavy (non-hydrogen) atoms. The lowest BCUT2D eigenvalue weighted by atomic mass is 10.1. The number of carbonyl (C=O) groups is 2. The lowest BCUT2D eigenvalue weighted by molar-refractivity contribution is -0.138. The lowest BCUT2D eigenvalue weighted by Crippen LogP contribution is -2.33. The molecule has 0 spiro atoms. The molecule has 0 aromatic heterocycles. The summed E-state index contributed by atoms with van der Waals surface area (Å²) in [6.07, 6.45) is 0.972. The average molecular weight is 202 g/mol. The normalized spacial score (nSPS) is 12.6. The first-order chi connectivity index (χ1) is 6.45. The van der Waals surface area contributed by atoms with Crippen molar-refractivity contribution in [2.45, 2.75) is 32.7 Å². The minimum atomic E-state index is -1.000. The van der Waals surface area contributed by atoms with Crippen LogP contribution in [0.25, 0.3) is 0 Å². The molecule has 1 amide bonds. The Kier molecular flexibility index (Phi) is 5.87. The Morgan fingerprint density at radius 1 is 1.43 bits per heavy atom. The number of rotatable bonds is 6. The number of nitrogens with one attached hydrogen (secondary N) is 1. The summed E-state index contributed by atoms with van der Waals surface area (Å²) in [6, 6.07) is -0.828. The van der Waals surface area contributed by atoms with Crippen molar-refractivity contribution in [2.24, 2.45) is 11.7 Å². The highest BCUT2D eigenvalue weighted by Gasteiger charge is 2.11. The van der Waals surface area contributed by atoms with Crippen molar-refractivity contribution in [3.8, 4) is 0 Å². The molecule has 0 aliphatic rings. The van der Waals surface area contributed by atoms with Crippen LogP contribution in [-0.4, -0.2) is 29.6 Å². The smallest absolute Gasteiger partial charge is 0.320 e. The van der Waals surface area contributed by atoms with Gasteiger partial charge < -0.3 is 16.2 Å². The van der Waals surface area contributed by atoms with E-state index in [2.05, 4.69) is 5.32 Å². The first-order valence-corrected chi connectivity index (χ1v) is 4.71. The zero-order valence-electron chi connectivity index (χ0n) is 8.62. The van der Waals surface area contributed by atoms with Crippen molar-refractivity contribution < 1.29 is 14.7 Å². The van der Waals surface area contributed by atoms with E-state index in [9.17, 15) is 9.59 Å². The number of aliphatic carboxylic acids is 1. The van der Waals surface area contributed by atoms with Crippen molar-refractivity contribution in [1.29, 1.82) is 0 Å². The third-order valence-electron chi connectivity index (χ3n) is 1.83. The number of carboxylic acids is 1. The van der Waals surface area contributed by atoms with Gasteiger partial charge in [0, 0.05) is 12.5 Å². The largest absolute Gasteiger partial charge is 0.480 e. The molecule has 5 nitrogen and oxygen atoms in total. The Bertz CT molecular complexity index is 204. The van der Waals surface area contributed by atoms with E-state index in [-0.39, 0.29) is 11.8 Å². The Morgan fingerprint density at radius 3 is 2.43 bits per heavy atom. The van der Waals surface area contributed by atoms with Gasteiger partial charge in [0.25, 0.3) is 0 Å². The summed E-state index contributed by atoms with van der Waals surface area (Å²) < 4.78 is 0. The number of carbonyl (C=O) groups excluding carboxylic acids is 1. The maximum atomic E-state index is 11.1. The van der Waals surface area contributed by atoms with Crippen LogP contribution in [0.1, 0.15) is 26.7 Å². The van der Waals surface area contributed by atoms with Crippen LogP contribution in [0.3, 0.4) is 0 Å². The first-order valence-electron chi connectivity index (χ1n) is 4.71. The Morgan fingerprint density at radius 2 is 2.00 bits per heavy atom. The maximum Gasteiger partial charge on any atom is 0.320 e. The molecule has 1 atom stereocenters. The number of hydrogen-bond acceptors (Lipinski definition) is 3. The van der Waals surface area contributed by atoms with Crippen molar-refractivity contribution in [2.75, 3.05) is 6.54 Å². The molecular weight excluding hydrogens is 184 g/mol. The standard InChI is InChI=1S/C9H18N2O3/c1-6(2)8(12)11-5-3-4-7(10)9(13)14/h6-7H,3-5,10H2,1-2H3,(H,11,12)(H,13,14). The SMILES string of the molecule is CC(C)C(=O)NCCCC(N)C(=O)O. The predicted molar refractivity (Wildman–Crippen MR) is 52.7 cm³/mol. The summed E-state index contributed by atoms with van der Waals surface area (Å²) >= 11 is 0. The summed E-state index contributed by atoms with van der Waals surface area (Å²) in [7, 11) is 0. The topological polar surface area (TPSA) is 92.4 Å². The number of nitrogens with two attached hydrogens (primary N) is 1. The Hall–Kier alpha value is -1.10. The van der Waals surface area contributed by atoms with E-state index in [1.165, 1.54) is 0 Å². The molecule has 0 heterocycles. The highest BCUT2D eigenvalue weighted by molar-refractivity contribution is 5.77. The third kappa shape index (κ3) is 5.53. The van der Waals surface area contributed by atoms with Crippen LogP contribution in [0, 0.1) is 5.92 Å². The quantitative estimate of drug-likeness (QED) is 0.526. The minimum absolute atomic E-state index is 0.0195. The molecule has 0 aromatic rings. The van der Waals surface area contributed by atoms with Crippen molar-refractivity contribution in [1.82, 2.24) is 5.32 Å². The van der Waals surface area contributed by atoms with Gasteiger partial charge in [-0.15, -0.1) is 0 Å². The van der Waals surface area contributed by atoms with Crippen LogP contribution in [0.15, 0.2) is 0 Å². The van der Waals surface area contributed by atoms with Crippen LogP contribution in [-0.2, 0) is 9.59 Å². The second kappa shape index (κ2) is 6.37. The second-order valence-corrected chi connectivity index (χ2v) is 3.53. The number of hydrogen-bond donors (Lipinski definition) is 3. The van der Waals surface area contributed by atoms with Gasteiger partial charge in [0.1, 0.15) is 6.04 Å². The number of carboxylic acid groups (broad SMARTS) is 1. The monoisotopic (exact) mass is 202 g/mol. The van der Waals surface area contributed by atoms with Crippen LogP contribution >= 0.6 is 0 Å². The molecule has 82 valence electrons. The van der Waals surface area contributed by atoms with E-state index in [1.54, 1.807) is 13.8 Å². The fourth-order valence-electron chi connectivity index (χ4n) is 0.861. The fraction of sp³-hybridized carbons (Fsp3) is 0.778. The molecule has 0 saturated carbocycles. The molecule has 4 N–H and O–H groups in total. The van der Waals surface area contributed by atoms with E-state index >= 15 is 0 Å². The van der Waals surface area contributed by atoms with Crippen LogP contribution in [0.5, 0.6) is 0 Å². The van der Waals surface area contributed by atoms with Gasteiger partial charge in [0.15, 0.2) is 0 Å². The third-order valence-corrected chi connectivity index (χ3v) is 1.83. The molecule has 1 unspecified atom stereocenters. The molecule has 0 saturated heterocycles. The second-order valence-electron chi connectivity index (χ2n) is 3.53. The van der Waals surface area contributed by atoms with Gasteiger partial charge in [-0.25, -0.2) is 0 Å². The zero-order valence-corrected chi connectivity index (χ0v) is 8.62. The van der Waals surface area contributed by atoms with Gasteiger partial charge in [-0.1, -0.05) is 13.8 Å². The average Bonchev–Trinajstić information content (AvgIpc) is 2.11. The molecule has 0 aromatic carbocycles. The van der Waals surface area contributed by atoms with Gasteiger partial charge in [-0.3, -0.25) is 9.59 Å². The zero-order chi connectivity index (χ0) is 11.1. The van der Waals surface area contributed by atoms with Gasteiger partial charge >= 0.3 is 5.97 Å². The fourth-order valence-corrected chi connectivity index (χ4v) is 0.861. The van der Waals surface area contributed by atoms with Gasteiger partial charge in [-0.2, -0.15) is 0 Å². The van der Waals surface area contributed by atoms with Gasteiger partial charge in [-0.05, 0) is 12.8 Å². The molecule has 5 heteroatoms. The van der Waals surface area contributed by atoms with Crippen molar-refractivity contribution in [3.63, 3.8) is 0 Å². The summed E-state index contributed by atoms with van der Waals surface area (Å²) in [5, 5.41) is 11.2. The number of amides is 1. The minimum Gasteiger partial charge on any atom is -0.480 e. The Balaban J connectivity index is 3.47. The van der Waals surface area contributed by atoms with E-state index in [0.29, 0.717) is 19.4 Å². The van der Waals surface area contributed by atoms with Crippen LogP contribution < -0.4 is 11.1 Å². The summed E-state index contributed by atoms with van der Waals surface area (Å²) in [4.78, 5) is 21.4.